The highest BCUT2D eigenvalue weighted by Gasteiger charge is 2.25. The minimum Gasteiger partial charge on any atom is -0.460 e. The summed E-state index contributed by atoms with van der Waals surface area (Å²) in [7, 11) is 0. The second kappa shape index (κ2) is 7.88. The molecule has 0 fully saturated rings. The number of nitrogens with zero attached hydrogens (tertiary/aromatic N) is 1. The largest absolute Gasteiger partial charge is 0.460 e. The molecule has 1 aromatic carbocycles. The zero-order valence-electron chi connectivity index (χ0n) is 16.3. The van der Waals surface area contributed by atoms with Gasteiger partial charge >= 0.3 is 5.97 Å². The van der Waals surface area contributed by atoms with Crippen LogP contribution in [0.15, 0.2) is 40.8 Å². The minimum absolute atomic E-state index is 0.0136. The summed E-state index contributed by atoms with van der Waals surface area (Å²) < 4.78 is 25.7. The van der Waals surface area contributed by atoms with Crippen molar-refractivity contribution in [3.8, 4) is 0 Å². The van der Waals surface area contributed by atoms with E-state index in [9.17, 15) is 14.0 Å². The van der Waals surface area contributed by atoms with Gasteiger partial charge < -0.3 is 19.0 Å². The van der Waals surface area contributed by atoms with E-state index in [1.54, 1.807) is 18.2 Å². The van der Waals surface area contributed by atoms with E-state index in [1.165, 1.54) is 19.1 Å². The first kappa shape index (κ1) is 19.7. The van der Waals surface area contributed by atoms with E-state index in [2.05, 4.69) is 5.32 Å². The first-order valence-electron chi connectivity index (χ1n) is 9.10. The lowest BCUT2D eigenvalue weighted by Gasteiger charge is -2.16. The molecule has 0 bridgehead atoms. The Labute approximate surface area is 162 Å². The molecular formula is C21H23FN2O4. The molecule has 6 nitrogen and oxygen atoms in total. The highest BCUT2D eigenvalue weighted by molar-refractivity contribution is 5.95. The zero-order chi connectivity index (χ0) is 20.4. The van der Waals surface area contributed by atoms with Gasteiger partial charge in [0.2, 0.25) is 0 Å². The average Bonchev–Trinajstić information content (AvgIpc) is 3.16. The van der Waals surface area contributed by atoms with Gasteiger partial charge in [-0.3, -0.25) is 4.79 Å². The van der Waals surface area contributed by atoms with Crippen LogP contribution in [0.1, 0.15) is 48.6 Å². The maximum absolute atomic E-state index is 12.9. The number of aryl methyl sites for hydroxylation is 1. The molecular weight excluding hydrogens is 363 g/mol. The molecule has 28 heavy (non-hydrogen) atoms. The lowest BCUT2D eigenvalue weighted by Crippen LogP contribution is -2.35. The van der Waals surface area contributed by atoms with Gasteiger partial charge in [0.25, 0.3) is 5.91 Å². The summed E-state index contributed by atoms with van der Waals surface area (Å²) in [6, 6.07) is 9.32. The third-order valence-electron chi connectivity index (χ3n) is 4.41. The molecule has 0 aliphatic carbocycles. The summed E-state index contributed by atoms with van der Waals surface area (Å²) >= 11 is 0. The van der Waals surface area contributed by atoms with Crippen molar-refractivity contribution in [1.82, 2.24) is 9.88 Å². The van der Waals surface area contributed by atoms with Gasteiger partial charge in [-0.2, -0.15) is 0 Å². The van der Waals surface area contributed by atoms with Crippen molar-refractivity contribution in [3.05, 3.63) is 59.2 Å². The predicted molar refractivity (Wildman–Crippen MR) is 102 cm³/mol. The van der Waals surface area contributed by atoms with Crippen molar-refractivity contribution < 1.29 is 23.1 Å². The van der Waals surface area contributed by atoms with Crippen LogP contribution in [0.2, 0.25) is 0 Å². The third kappa shape index (κ3) is 4.08. The monoisotopic (exact) mass is 386 g/mol. The van der Waals surface area contributed by atoms with Crippen molar-refractivity contribution in [2.75, 3.05) is 0 Å². The van der Waals surface area contributed by atoms with Gasteiger partial charge in [-0.15, -0.1) is 0 Å². The first-order valence-corrected chi connectivity index (χ1v) is 9.10. The van der Waals surface area contributed by atoms with E-state index in [4.69, 9.17) is 9.15 Å². The summed E-state index contributed by atoms with van der Waals surface area (Å²) in [5, 5.41) is 2.68. The third-order valence-corrected chi connectivity index (χ3v) is 4.41. The molecule has 2 heterocycles. The molecule has 1 amide bonds. The number of ether oxygens (including phenoxy) is 1. The molecule has 0 radical (unpaired) electrons. The van der Waals surface area contributed by atoms with Crippen LogP contribution in [0.3, 0.4) is 0 Å². The van der Waals surface area contributed by atoms with E-state index in [0.717, 1.165) is 16.8 Å². The number of carbonyl (C=O) groups excluding carboxylic acids is 2. The van der Waals surface area contributed by atoms with Gasteiger partial charge in [-0.1, -0.05) is 12.1 Å². The number of fused-ring (bicyclic) bond motifs is 1. The SMILES string of the molecule is Cc1cc2c(cc(C(=O)OC(C)C(=O)NCc3ccc(F)cc3)n2C(C)C)o1. The number of rotatable bonds is 6. The maximum atomic E-state index is 12.9. The fourth-order valence-electron chi connectivity index (χ4n) is 3.06. The predicted octanol–water partition coefficient (Wildman–Crippen LogP) is 4.12. The van der Waals surface area contributed by atoms with Gasteiger partial charge in [0.1, 0.15) is 17.3 Å². The highest BCUT2D eigenvalue weighted by atomic mass is 19.1. The molecule has 1 unspecified atom stereocenters. The Kier molecular flexibility index (Phi) is 5.53. The topological polar surface area (TPSA) is 73.5 Å². The fraction of sp³-hybridized carbons (Fsp3) is 0.333. The normalized spacial score (nSPS) is 12.4. The van der Waals surface area contributed by atoms with E-state index >= 15 is 0 Å². The number of hydrogen-bond acceptors (Lipinski definition) is 4. The summed E-state index contributed by atoms with van der Waals surface area (Å²) in [6.07, 6.45) is -0.975. The summed E-state index contributed by atoms with van der Waals surface area (Å²) in [5.41, 5.74) is 2.50. The Morgan fingerprint density at radius 2 is 1.86 bits per heavy atom. The second-order valence-electron chi connectivity index (χ2n) is 6.99. The Morgan fingerprint density at radius 1 is 1.18 bits per heavy atom. The van der Waals surface area contributed by atoms with E-state index in [-0.39, 0.29) is 18.4 Å². The second-order valence-corrected chi connectivity index (χ2v) is 6.99. The Balaban J connectivity index is 1.67. The highest BCUT2D eigenvalue weighted by Crippen LogP contribution is 2.27. The van der Waals surface area contributed by atoms with Crippen LogP contribution < -0.4 is 5.32 Å². The smallest absolute Gasteiger partial charge is 0.355 e. The molecule has 0 saturated heterocycles. The quantitative estimate of drug-likeness (QED) is 0.647. The number of halogens is 1. The zero-order valence-corrected chi connectivity index (χ0v) is 16.3. The van der Waals surface area contributed by atoms with Crippen molar-refractivity contribution in [1.29, 1.82) is 0 Å². The lowest BCUT2D eigenvalue weighted by molar-refractivity contribution is -0.129. The Hall–Kier alpha value is -3.09. The maximum Gasteiger partial charge on any atom is 0.355 e. The van der Waals surface area contributed by atoms with Crippen LogP contribution in [0.4, 0.5) is 4.39 Å². The van der Waals surface area contributed by atoms with Gasteiger partial charge in [-0.05, 0) is 45.4 Å². The standard InChI is InChI=1S/C21H23FN2O4/c1-12(2)24-17-9-13(3)27-19(17)10-18(24)21(26)28-14(4)20(25)23-11-15-5-7-16(22)8-6-15/h5-10,12,14H,11H2,1-4H3,(H,23,25). The summed E-state index contributed by atoms with van der Waals surface area (Å²) in [6.45, 7) is 7.48. The van der Waals surface area contributed by atoms with E-state index in [1.807, 2.05) is 31.4 Å². The fourth-order valence-corrected chi connectivity index (χ4v) is 3.06. The molecule has 0 saturated carbocycles. The molecule has 2 aromatic heterocycles. The van der Waals surface area contributed by atoms with Gasteiger partial charge in [0.05, 0.1) is 5.52 Å². The van der Waals surface area contributed by atoms with Crippen molar-refractivity contribution >= 4 is 23.0 Å². The van der Waals surface area contributed by atoms with Crippen LogP contribution in [-0.4, -0.2) is 22.5 Å². The molecule has 148 valence electrons. The number of benzene rings is 1. The van der Waals surface area contributed by atoms with Crippen LogP contribution in [-0.2, 0) is 16.1 Å². The molecule has 1 N–H and O–H groups in total. The number of aromatic nitrogens is 1. The van der Waals surface area contributed by atoms with Crippen molar-refractivity contribution in [2.24, 2.45) is 0 Å². The molecule has 0 spiro atoms. The molecule has 7 heteroatoms. The molecule has 0 aliphatic rings. The van der Waals surface area contributed by atoms with Gasteiger partial charge in [0.15, 0.2) is 11.7 Å². The first-order chi connectivity index (χ1) is 13.3. The van der Waals surface area contributed by atoms with Crippen LogP contribution in [0.25, 0.3) is 11.1 Å². The lowest BCUT2D eigenvalue weighted by atomic mass is 10.2. The van der Waals surface area contributed by atoms with Crippen LogP contribution in [0.5, 0.6) is 0 Å². The Bertz CT molecular complexity index is 1000. The van der Waals surface area contributed by atoms with Gasteiger partial charge in [0, 0.05) is 24.7 Å². The van der Waals surface area contributed by atoms with Gasteiger partial charge in [-0.25, -0.2) is 9.18 Å². The number of nitrogens with one attached hydrogen (secondary N) is 1. The minimum atomic E-state index is -0.975. The summed E-state index contributed by atoms with van der Waals surface area (Å²) in [4.78, 5) is 24.9. The van der Waals surface area contributed by atoms with Crippen molar-refractivity contribution in [3.63, 3.8) is 0 Å². The molecule has 0 aliphatic heterocycles. The summed E-state index contributed by atoms with van der Waals surface area (Å²) in [5.74, 6) is -0.610. The van der Waals surface area contributed by atoms with E-state index < -0.39 is 18.0 Å². The van der Waals surface area contributed by atoms with Crippen LogP contribution in [0, 0.1) is 12.7 Å². The van der Waals surface area contributed by atoms with Crippen LogP contribution >= 0.6 is 0 Å². The number of furan rings is 1. The molecule has 3 rings (SSSR count). The number of hydrogen-bond donors (Lipinski definition) is 1. The molecule has 1 atom stereocenters. The number of esters is 1. The van der Waals surface area contributed by atoms with E-state index in [0.29, 0.717) is 11.3 Å². The average molecular weight is 386 g/mol. The molecule has 3 aromatic rings. The number of amides is 1. The van der Waals surface area contributed by atoms with Crippen molar-refractivity contribution in [2.45, 2.75) is 46.4 Å². The number of carbonyl (C=O) groups is 2. The Morgan fingerprint density at radius 3 is 2.50 bits per heavy atom.